The Morgan fingerprint density at radius 2 is 1.66 bits per heavy atom. The first-order valence-corrected chi connectivity index (χ1v) is 19.7. The van der Waals surface area contributed by atoms with Gasteiger partial charge in [-0.15, -0.1) is 11.8 Å². The smallest absolute Gasteiger partial charge is 0.322 e. The van der Waals surface area contributed by atoms with Crippen molar-refractivity contribution in [2.24, 2.45) is 5.41 Å². The number of aliphatic hydroxyl groups is 1. The van der Waals surface area contributed by atoms with E-state index < -0.39 is 52.2 Å². The van der Waals surface area contributed by atoms with Crippen LogP contribution in [0.2, 0.25) is 10.0 Å². The van der Waals surface area contributed by atoms with Crippen molar-refractivity contribution < 1.29 is 37.8 Å². The molecule has 1 aliphatic heterocycles. The summed E-state index contributed by atoms with van der Waals surface area (Å²) in [6.07, 6.45) is 5.11. The molecule has 0 aliphatic carbocycles. The molecule has 1 heterocycles. The number of thioether (sulfide) groups is 1. The number of aliphatic carboxylic acids is 1. The number of fused-ring (bicyclic) bond motifs is 1. The molecule has 0 saturated heterocycles. The van der Waals surface area contributed by atoms with Crippen LogP contribution in [0.15, 0.2) is 70.5 Å². The molecule has 3 aromatic rings. The van der Waals surface area contributed by atoms with Gasteiger partial charge >= 0.3 is 5.97 Å². The van der Waals surface area contributed by atoms with Crippen LogP contribution in [-0.4, -0.2) is 74.7 Å². The first-order chi connectivity index (χ1) is 23.8. The topological polar surface area (TPSA) is 162 Å². The molecule has 4 rings (SSSR count). The third-order valence-corrected chi connectivity index (χ3v) is 11.7. The van der Waals surface area contributed by atoms with E-state index in [0.29, 0.717) is 52.0 Å². The fraction of sp³-hybridized carbons (Fsp3) is 0.400. The van der Waals surface area contributed by atoms with E-state index in [-0.39, 0.29) is 23.0 Å². The number of carboxylic acids is 1. The van der Waals surface area contributed by atoms with Gasteiger partial charge in [0.1, 0.15) is 18.3 Å². The van der Waals surface area contributed by atoms with Gasteiger partial charge in [0, 0.05) is 40.4 Å². The highest BCUT2D eigenvalue weighted by molar-refractivity contribution is 7.98. The third kappa shape index (κ3) is 10.1. The van der Waals surface area contributed by atoms with Gasteiger partial charge < -0.3 is 30.5 Å². The van der Waals surface area contributed by atoms with Gasteiger partial charge in [-0.3, -0.25) is 14.4 Å². The molecule has 11 nitrogen and oxygen atoms in total. The predicted molar refractivity (Wildman–Crippen MR) is 195 cm³/mol. The molecule has 2 atom stereocenters. The van der Waals surface area contributed by atoms with E-state index in [1.54, 1.807) is 18.2 Å². The first-order valence-electron chi connectivity index (χ1n) is 16.1. The van der Waals surface area contributed by atoms with Gasteiger partial charge in [-0.1, -0.05) is 55.1 Å². The average Bonchev–Trinajstić information content (AvgIpc) is 3.18. The van der Waals surface area contributed by atoms with Crippen LogP contribution in [-0.2, 0) is 24.2 Å². The van der Waals surface area contributed by atoms with Crippen molar-refractivity contribution in [3.05, 3.63) is 76.3 Å². The fourth-order valence-corrected chi connectivity index (χ4v) is 8.98. The van der Waals surface area contributed by atoms with Crippen LogP contribution in [0.1, 0.15) is 50.6 Å². The molecule has 0 fully saturated rings. The number of rotatable bonds is 16. The van der Waals surface area contributed by atoms with Crippen LogP contribution in [0.5, 0.6) is 5.75 Å². The number of carbonyl (C=O) groups is 3. The van der Waals surface area contributed by atoms with E-state index in [1.165, 1.54) is 42.1 Å². The highest BCUT2D eigenvalue weighted by atomic mass is 35.5. The number of amides is 2. The summed E-state index contributed by atoms with van der Waals surface area (Å²) in [6.45, 7) is 1.18. The van der Waals surface area contributed by atoms with E-state index in [9.17, 15) is 27.9 Å². The van der Waals surface area contributed by atoms with Crippen LogP contribution in [0.3, 0.4) is 0 Å². The summed E-state index contributed by atoms with van der Waals surface area (Å²) in [5.41, 5.74) is 0.927. The Balaban J connectivity index is 1.70. The van der Waals surface area contributed by atoms with E-state index in [1.807, 2.05) is 23.3 Å². The number of carboxylic acid groups (broad SMARTS) is 1. The molecule has 0 bridgehead atoms. The molecule has 1 aliphatic rings. The van der Waals surface area contributed by atoms with Crippen molar-refractivity contribution in [3.8, 4) is 5.75 Å². The maximum Gasteiger partial charge on any atom is 0.322 e. The van der Waals surface area contributed by atoms with Gasteiger partial charge in [-0.2, -0.15) is 0 Å². The van der Waals surface area contributed by atoms with Crippen LogP contribution in [0.4, 0.5) is 11.4 Å². The number of nitrogens with zero attached hydrogens (tertiary/aromatic N) is 1. The quantitative estimate of drug-likeness (QED) is 0.127. The van der Waals surface area contributed by atoms with Gasteiger partial charge in [0.25, 0.3) is 5.91 Å². The second kappa shape index (κ2) is 17.6. The van der Waals surface area contributed by atoms with Crippen LogP contribution in [0.25, 0.3) is 0 Å². The molecule has 0 aromatic heterocycles. The minimum Gasteiger partial charge on any atom is -0.483 e. The Kier molecular flexibility index (Phi) is 13.9. The lowest BCUT2D eigenvalue weighted by atomic mass is 9.79. The van der Waals surface area contributed by atoms with E-state index >= 15 is 0 Å². The molecule has 15 heteroatoms. The predicted octanol–water partition coefficient (Wildman–Crippen LogP) is 6.03. The van der Waals surface area contributed by atoms with Crippen molar-refractivity contribution in [2.75, 3.05) is 43.2 Å². The Morgan fingerprint density at radius 1 is 1.02 bits per heavy atom. The van der Waals surface area contributed by atoms with Gasteiger partial charge in [0.15, 0.2) is 16.4 Å². The van der Waals surface area contributed by atoms with Crippen molar-refractivity contribution in [1.29, 1.82) is 0 Å². The van der Waals surface area contributed by atoms with Crippen molar-refractivity contribution in [3.63, 3.8) is 0 Å². The Morgan fingerprint density at radius 3 is 2.26 bits per heavy atom. The highest BCUT2D eigenvalue weighted by Crippen LogP contribution is 2.47. The molecule has 2 amide bonds. The van der Waals surface area contributed by atoms with Gasteiger partial charge in [-0.25, -0.2) is 8.42 Å². The number of unbranched alkanes of at least 4 members (excludes halogenated alkanes) is 1. The molecule has 3 aromatic carbocycles. The van der Waals surface area contributed by atoms with Gasteiger partial charge in [0.2, 0.25) is 5.91 Å². The molecule has 0 radical (unpaired) electrons. The second-order valence-electron chi connectivity index (χ2n) is 12.2. The monoisotopic (exact) mass is 765 g/mol. The van der Waals surface area contributed by atoms with Crippen LogP contribution in [0, 0.1) is 5.41 Å². The standard InChI is InChI=1S/C35H41Cl2N3O8S2/c1-3-4-14-35(15-5-16-41)21-40(26-12-10-25(37)11-13-26)27-17-29(49-2)28(18-30(27)50(46,47)22-35)48-20-31(42)39-33(34(45)38-19-32(43)44)23-6-8-24(36)9-7-23/h6-13,17-18,33,41H,3-5,14-16,19-22H2,1-2H3,(H,38,45)(H,39,42)(H,43,44). The number of nitrogens with one attached hydrogen (secondary N) is 2. The zero-order chi connectivity index (χ0) is 36.5. The summed E-state index contributed by atoms with van der Waals surface area (Å²) in [5.74, 6) is -2.68. The number of halogens is 2. The largest absolute Gasteiger partial charge is 0.483 e. The number of benzene rings is 3. The summed E-state index contributed by atoms with van der Waals surface area (Å²) in [5, 5.41) is 24.6. The molecule has 50 heavy (non-hydrogen) atoms. The maximum absolute atomic E-state index is 14.3. The lowest BCUT2D eigenvalue weighted by molar-refractivity contribution is -0.138. The number of sulfone groups is 1. The number of hydrogen-bond donors (Lipinski definition) is 4. The van der Waals surface area contributed by atoms with Crippen molar-refractivity contribution >= 4 is 74.0 Å². The summed E-state index contributed by atoms with van der Waals surface area (Å²) < 4.78 is 34.6. The van der Waals surface area contributed by atoms with E-state index in [4.69, 9.17) is 33.0 Å². The van der Waals surface area contributed by atoms with Crippen LogP contribution < -0.4 is 20.3 Å². The van der Waals surface area contributed by atoms with Gasteiger partial charge in [0.05, 0.1) is 21.2 Å². The number of ether oxygens (including phenoxy) is 1. The third-order valence-electron chi connectivity index (χ3n) is 8.47. The summed E-state index contributed by atoms with van der Waals surface area (Å²) >= 11 is 13.5. The lowest BCUT2D eigenvalue weighted by Gasteiger charge is -2.37. The number of carbonyl (C=O) groups excluding carboxylic acids is 2. The van der Waals surface area contributed by atoms with Crippen LogP contribution >= 0.6 is 35.0 Å². The minimum absolute atomic E-state index is 0.0510. The molecule has 0 saturated carbocycles. The zero-order valence-electron chi connectivity index (χ0n) is 27.8. The molecule has 4 N–H and O–H groups in total. The minimum atomic E-state index is -3.92. The van der Waals surface area contributed by atoms with Crippen molar-refractivity contribution in [1.82, 2.24) is 10.6 Å². The van der Waals surface area contributed by atoms with Gasteiger partial charge in [-0.05, 0) is 73.5 Å². The fourth-order valence-electron chi connectivity index (χ4n) is 6.06. The number of aliphatic hydroxyl groups excluding tert-OH is 1. The summed E-state index contributed by atoms with van der Waals surface area (Å²) in [4.78, 5) is 39.8. The Bertz CT molecular complexity index is 1770. The molecular weight excluding hydrogens is 725 g/mol. The van der Waals surface area contributed by atoms with E-state index in [2.05, 4.69) is 17.6 Å². The molecule has 2 unspecified atom stereocenters. The molecule has 270 valence electrons. The first kappa shape index (κ1) is 39.3. The summed E-state index contributed by atoms with van der Waals surface area (Å²) in [7, 11) is -3.92. The van der Waals surface area contributed by atoms with Crippen molar-refractivity contribution in [2.45, 2.75) is 54.9 Å². The lowest BCUT2D eigenvalue weighted by Crippen LogP contribution is -2.43. The Hall–Kier alpha value is -3.49. The molecule has 0 spiro atoms. The number of anilines is 2. The summed E-state index contributed by atoms with van der Waals surface area (Å²) in [6, 6.07) is 15.3. The maximum atomic E-state index is 14.3. The zero-order valence-corrected chi connectivity index (χ0v) is 30.9. The normalized spacial score (nSPS) is 17.3. The second-order valence-corrected chi connectivity index (χ2v) is 15.9. The SMILES string of the molecule is CCCCC1(CCCO)CN(c2ccc(Cl)cc2)c2cc(SC)c(OCC(=O)NC(C(=O)NCC(=O)O)c3ccc(Cl)cc3)cc2S(=O)(=O)C1. The Labute approximate surface area is 306 Å². The number of hydrogen-bond acceptors (Lipinski definition) is 9. The molecular formula is C35H41Cl2N3O8S2. The average molecular weight is 767 g/mol. The van der Waals surface area contributed by atoms with E-state index in [0.717, 1.165) is 18.5 Å². The highest BCUT2D eigenvalue weighted by Gasteiger charge is 2.42.